The third-order valence-electron chi connectivity index (χ3n) is 3.24. The van der Waals surface area contributed by atoms with Crippen LogP contribution in [0.4, 0.5) is 17.5 Å². The van der Waals surface area contributed by atoms with Crippen LogP contribution in [0.2, 0.25) is 0 Å². The number of benzene rings is 2. The molecule has 0 bridgehead atoms. The molecule has 0 radical (unpaired) electrons. The van der Waals surface area contributed by atoms with Crippen LogP contribution in [0, 0.1) is 6.92 Å². The van der Waals surface area contributed by atoms with Gasteiger partial charge >= 0.3 is 0 Å². The van der Waals surface area contributed by atoms with Crippen LogP contribution in [-0.4, -0.2) is 17.0 Å². The summed E-state index contributed by atoms with van der Waals surface area (Å²) >= 11 is 0. The summed E-state index contributed by atoms with van der Waals surface area (Å²) < 4.78 is 0. The molecule has 27 heavy (non-hydrogen) atoms. The first-order valence-electron chi connectivity index (χ1n) is 9.95. The Kier molecular flexibility index (Phi) is 13.1. The Labute approximate surface area is 165 Å². The fourth-order valence-electron chi connectivity index (χ4n) is 2.15. The van der Waals surface area contributed by atoms with Gasteiger partial charge in [-0.25, -0.2) is 4.98 Å². The van der Waals surface area contributed by atoms with Crippen molar-refractivity contribution in [3.05, 3.63) is 54.2 Å². The molecule has 3 aromatic rings. The normalized spacial score (nSPS) is 8.89. The zero-order chi connectivity index (χ0) is 20.7. The van der Waals surface area contributed by atoms with Gasteiger partial charge in [-0.3, -0.25) is 0 Å². The van der Waals surface area contributed by atoms with Crippen molar-refractivity contribution in [2.24, 2.45) is 0 Å². The van der Waals surface area contributed by atoms with Crippen LogP contribution < -0.4 is 10.6 Å². The van der Waals surface area contributed by atoms with E-state index in [-0.39, 0.29) is 0 Å². The second-order valence-corrected chi connectivity index (χ2v) is 5.33. The number of hydrogen-bond donors (Lipinski definition) is 2. The Balaban J connectivity index is 0.000000860. The number of fused-ring (bicyclic) bond motifs is 1. The molecule has 0 spiro atoms. The van der Waals surface area contributed by atoms with E-state index in [4.69, 9.17) is 0 Å². The molecule has 148 valence electrons. The van der Waals surface area contributed by atoms with Crippen LogP contribution in [0.3, 0.4) is 0 Å². The first kappa shape index (κ1) is 24.4. The molecular formula is C23H36N4. The summed E-state index contributed by atoms with van der Waals surface area (Å²) in [5, 5.41) is 8.74. The standard InChI is InChI=1S/C16H16N4.C3H8.2C2H6/c1-11-10-18-16(17-2)20-15(11)19-14-9-5-7-12-6-3-4-8-13(12)14;1-3-2;2*1-2/h3-10H,1-2H3,(H2,17,18,19,20);3H2,1-2H3;2*1-2H3. The third kappa shape index (κ3) is 7.65. The van der Waals surface area contributed by atoms with E-state index >= 15 is 0 Å². The maximum absolute atomic E-state index is 4.46. The Bertz CT molecular complexity index is 764. The Morgan fingerprint density at radius 2 is 1.48 bits per heavy atom. The SMILES string of the molecule is CC.CC.CCC.CNc1ncc(C)c(Nc2cccc3ccccc23)n1. The number of anilines is 3. The van der Waals surface area contributed by atoms with Gasteiger partial charge in [0.15, 0.2) is 0 Å². The molecule has 2 N–H and O–H groups in total. The van der Waals surface area contributed by atoms with Gasteiger partial charge < -0.3 is 10.6 Å². The minimum absolute atomic E-state index is 0.610. The minimum atomic E-state index is 0.610. The van der Waals surface area contributed by atoms with Crippen LogP contribution in [-0.2, 0) is 0 Å². The summed E-state index contributed by atoms with van der Waals surface area (Å²) in [6.45, 7) is 14.2. The summed E-state index contributed by atoms with van der Waals surface area (Å²) in [4.78, 5) is 8.66. The van der Waals surface area contributed by atoms with Gasteiger partial charge in [-0.15, -0.1) is 0 Å². The van der Waals surface area contributed by atoms with Crippen molar-refractivity contribution in [3.63, 3.8) is 0 Å². The van der Waals surface area contributed by atoms with E-state index in [1.54, 1.807) is 0 Å². The van der Waals surface area contributed by atoms with Gasteiger partial charge in [0.1, 0.15) is 5.82 Å². The van der Waals surface area contributed by atoms with E-state index in [0.29, 0.717) is 5.95 Å². The van der Waals surface area contributed by atoms with Gasteiger partial charge in [0.25, 0.3) is 0 Å². The Hall–Kier alpha value is -2.62. The first-order valence-corrected chi connectivity index (χ1v) is 9.95. The number of nitrogens with zero attached hydrogens (tertiary/aromatic N) is 2. The van der Waals surface area contributed by atoms with Crippen LogP contribution in [0.1, 0.15) is 53.5 Å². The van der Waals surface area contributed by atoms with Crippen LogP contribution in [0.25, 0.3) is 10.8 Å². The molecular weight excluding hydrogens is 332 g/mol. The van der Waals surface area contributed by atoms with Crippen molar-refractivity contribution in [2.75, 3.05) is 17.7 Å². The topological polar surface area (TPSA) is 49.8 Å². The van der Waals surface area contributed by atoms with E-state index in [9.17, 15) is 0 Å². The summed E-state index contributed by atoms with van der Waals surface area (Å²) in [7, 11) is 1.81. The van der Waals surface area contributed by atoms with Crippen LogP contribution >= 0.6 is 0 Å². The molecule has 0 saturated carbocycles. The minimum Gasteiger partial charge on any atom is -0.357 e. The largest absolute Gasteiger partial charge is 0.357 e. The van der Waals surface area contributed by atoms with E-state index < -0.39 is 0 Å². The molecule has 1 aromatic heterocycles. The number of hydrogen-bond acceptors (Lipinski definition) is 4. The second-order valence-electron chi connectivity index (χ2n) is 5.33. The van der Waals surface area contributed by atoms with Crippen LogP contribution in [0.5, 0.6) is 0 Å². The lowest BCUT2D eigenvalue weighted by atomic mass is 10.1. The summed E-state index contributed by atoms with van der Waals surface area (Å²) in [5.74, 6) is 1.43. The van der Waals surface area contributed by atoms with Crippen molar-refractivity contribution in [1.82, 2.24) is 9.97 Å². The van der Waals surface area contributed by atoms with E-state index in [0.717, 1.165) is 17.1 Å². The molecule has 0 fully saturated rings. The third-order valence-corrected chi connectivity index (χ3v) is 3.24. The van der Waals surface area contributed by atoms with E-state index in [2.05, 4.69) is 58.7 Å². The fourth-order valence-corrected chi connectivity index (χ4v) is 2.15. The number of rotatable bonds is 3. The fraction of sp³-hybridized carbons (Fsp3) is 0.391. The lowest BCUT2D eigenvalue weighted by Gasteiger charge is -2.12. The zero-order valence-electron chi connectivity index (χ0n) is 18.2. The quantitative estimate of drug-likeness (QED) is 0.513. The van der Waals surface area contributed by atoms with Gasteiger partial charge in [-0.05, 0) is 18.4 Å². The van der Waals surface area contributed by atoms with Gasteiger partial charge in [-0.1, -0.05) is 84.4 Å². The molecule has 0 unspecified atom stereocenters. The van der Waals surface area contributed by atoms with Crippen molar-refractivity contribution in [1.29, 1.82) is 0 Å². The molecule has 0 saturated heterocycles. The number of nitrogens with one attached hydrogen (secondary N) is 2. The predicted molar refractivity (Wildman–Crippen MR) is 122 cm³/mol. The highest BCUT2D eigenvalue weighted by Crippen LogP contribution is 2.26. The highest BCUT2D eigenvalue weighted by molar-refractivity contribution is 5.95. The molecule has 0 aliphatic carbocycles. The van der Waals surface area contributed by atoms with E-state index in [1.165, 1.54) is 17.2 Å². The average Bonchev–Trinajstić information content (AvgIpc) is 2.73. The van der Waals surface area contributed by atoms with Crippen molar-refractivity contribution in [2.45, 2.75) is 54.9 Å². The summed E-state index contributed by atoms with van der Waals surface area (Å²) in [6.07, 6.45) is 3.06. The van der Waals surface area contributed by atoms with Crippen molar-refractivity contribution >= 4 is 28.2 Å². The monoisotopic (exact) mass is 368 g/mol. The van der Waals surface area contributed by atoms with Gasteiger partial charge in [0.2, 0.25) is 5.95 Å². The van der Waals surface area contributed by atoms with Gasteiger partial charge in [-0.2, -0.15) is 4.98 Å². The zero-order valence-corrected chi connectivity index (χ0v) is 18.2. The van der Waals surface area contributed by atoms with Crippen molar-refractivity contribution < 1.29 is 0 Å². The molecule has 0 aliphatic rings. The maximum Gasteiger partial charge on any atom is 0.224 e. The van der Waals surface area contributed by atoms with Crippen molar-refractivity contribution in [3.8, 4) is 0 Å². The predicted octanol–water partition coefficient (Wildman–Crippen LogP) is 7.19. The molecule has 0 atom stereocenters. The highest BCUT2D eigenvalue weighted by Gasteiger charge is 2.05. The van der Waals surface area contributed by atoms with E-state index in [1.807, 2.05) is 66.1 Å². The molecule has 0 amide bonds. The first-order chi connectivity index (χ1) is 13.2. The second kappa shape index (κ2) is 14.5. The molecule has 3 rings (SSSR count). The smallest absolute Gasteiger partial charge is 0.224 e. The lowest BCUT2D eigenvalue weighted by molar-refractivity contribution is 1.09. The Morgan fingerprint density at radius 3 is 2.11 bits per heavy atom. The molecule has 2 aromatic carbocycles. The van der Waals surface area contributed by atoms with Gasteiger partial charge in [0, 0.05) is 29.9 Å². The molecule has 4 heteroatoms. The molecule has 0 aliphatic heterocycles. The highest BCUT2D eigenvalue weighted by atomic mass is 15.1. The lowest BCUT2D eigenvalue weighted by Crippen LogP contribution is -2.02. The van der Waals surface area contributed by atoms with Crippen LogP contribution in [0.15, 0.2) is 48.7 Å². The van der Waals surface area contributed by atoms with Gasteiger partial charge in [0.05, 0.1) is 0 Å². The molecule has 4 nitrogen and oxygen atoms in total. The Morgan fingerprint density at radius 1 is 0.889 bits per heavy atom. The number of aromatic nitrogens is 2. The number of aryl methyl sites for hydroxylation is 1. The summed E-state index contributed by atoms with van der Waals surface area (Å²) in [6, 6.07) is 14.5. The maximum atomic E-state index is 4.46. The summed E-state index contributed by atoms with van der Waals surface area (Å²) in [5.41, 5.74) is 2.06. The molecule has 1 heterocycles. The average molecular weight is 369 g/mol.